The Bertz CT molecular complexity index is 1270. The molecule has 0 unspecified atom stereocenters. The molecule has 232 valence electrons. The average molecular weight is 592 g/mol. The molecule has 5 rings (SSSR count). The zero-order chi connectivity index (χ0) is 30.3. The number of aryl methyl sites for hydroxylation is 1. The summed E-state index contributed by atoms with van der Waals surface area (Å²) in [5, 5.41) is 6.58. The van der Waals surface area contributed by atoms with Crippen LogP contribution in [0.3, 0.4) is 0 Å². The van der Waals surface area contributed by atoms with Gasteiger partial charge in [-0.15, -0.1) is 0 Å². The van der Waals surface area contributed by atoms with Crippen LogP contribution in [0.5, 0.6) is 0 Å². The van der Waals surface area contributed by atoms with Gasteiger partial charge in [0, 0.05) is 76.3 Å². The lowest BCUT2D eigenvalue weighted by molar-refractivity contribution is -0.132. The minimum absolute atomic E-state index is 0.0918. The van der Waals surface area contributed by atoms with E-state index in [-0.39, 0.29) is 17.7 Å². The Hall–Kier alpha value is -3.74. The van der Waals surface area contributed by atoms with E-state index in [1.807, 2.05) is 19.1 Å². The maximum Gasteiger partial charge on any atom is 0.271 e. The number of piperidine rings is 1. The normalized spacial score (nSPS) is 20.6. The molecule has 3 aliphatic heterocycles. The van der Waals surface area contributed by atoms with Crippen LogP contribution in [-0.2, 0) is 16.0 Å². The van der Waals surface area contributed by atoms with Crippen LogP contribution in [-0.4, -0.2) is 121 Å². The van der Waals surface area contributed by atoms with Crippen molar-refractivity contribution in [1.29, 1.82) is 0 Å². The van der Waals surface area contributed by atoms with E-state index in [4.69, 9.17) is 15.5 Å². The number of anilines is 4. The molecule has 3 aliphatic rings. The van der Waals surface area contributed by atoms with Crippen molar-refractivity contribution in [2.45, 2.75) is 38.3 Å². The molecule has 43 heavy (non-hydrogen) atoms. The van der Waals surface area contributed by atoms with Gasteiger partial charge in [0.25, 0.3) is 5.91 Å². The van der Waals surface area contributed by atoms with Gasteiger partial charge in [-0.25, -0.2) is 9.97 Å². The van der Waals surface area contributed by atoms with Crippen LogP contribution in [0.2, 0.25) is 0 Å². The lowest BCUT2D eigenvalue weighted by atomic mass is 10.0. The zero-order valence-electron chi connectivity index (χ0n) is 25.4. The highest BCUT2D eigenvalue weighted by Gasteiger charge is 2.27. The Balaban J connectivity index is 1.22. The largest absolute Gasteiger partial charge is 0.373 e. The molecule has 12 nitrogen and oxygen atoms in total. The number of piperazine rings is 1. The molecular formula is C31H45N9O3. The van der Waals surface area contributed by atoms with Crippen LogP contribution >= 0.6 is 0 Å². The van der Waals surface area contributed by atoms with Gasteiger partial charge in [-0.05, 0) is 56.7 Å². The van der Waals surface area contributed by atoms with Crippen molar-refractivity contribution in [3.63, 3.8) is 0 Å². The number of nitrogens with zero attached hydrogens (tertiary/aromatic N) is 6. The monoisotopic (exact) mass is 591 g/mol. The van der Waals surface area contributed by atoms with Crippen LogP contribution in [0.15, 0.2) is 36.9 Å². The highest BCUT2D eigenvalue weighted by atomic mass is 16.5. The lowest BCUT2D eigenvalue weighted by Crippen LogP contribution is -2.52. The Kier molecular flexibility index (Phi) is 10.1. The van der Waals surface area contributed by atoms with Gasteiger partial charge in [0.1, 0.15) is 5.82 Å². The van der Waals surface area contributed by atoms with E-state index in [1.165, 1.54) is 24.6 Å². The molecule has 1 aromatic carbocycles. The number of amides is 2. The molecule has 0 bridgehead atoms. The van der Waals surface area contributed by atoms with Crippen LogP contribution in [0.4, 0.5) is 23.0 Å². The molecular weight excluding hydrogens is 546 g/mol. The van der Waals surface area contributed by atoms with E-state index in [0.717, 1.165) is 45.0 Å². The number of carbonyl (C=O) groups excluding carboxylic acids is 2. The molecule has 0 radical (unpaired) electrons. The first-order valence-corrected chi connectivity index (χ1v) is 15.4. The van der Waals surface area contributed by atoms with Crippen molar-refractivity contribution < 1.29 is 14.3 Å². The van der Waals surface area contributed by atoms with Gasteiger partial charge in [0.2, 0.25) is 5.91 Å². The van der Waals surface area contributed by atoms with Crippen molar-refractivity contribution in [3.05, 3.63) is 48.3 Å². The summed E-state index contributed by atoms with van der Waals surface area (Å²) in [6.07, 6.45) is 4.02. The topological polar surface area (TPSA) is 132 Å². The van der Waals surface area contributed by atoms with Gasteiger partial charge in [-0.2, -0.15) is 0 Å². The van der Waals surface area contributed by atoms with Crippen molar-refractivity contribution in [2.75, 3.05) is 88.1 Å². The molecule has 2 amide bonds. The Morgan fingerprint density at radius 2 is 1.77 bits per heavy atom. The van der Waals surface area contributed by atoms with E-state index < -0.39 is 5.91 Å². The standard InChI is InChI=1S/C31H45N9O3/c1-4-26-30(33-20-25-21-40(18-19-43-25)27(41)5-2)36-31(28(35-26)29(32)42)34-22-6-8-23(9-7-22)38-12-10-24(11-13-38)39-16-14-37(3)15-17-39/h5-9,24-25H,2,4,10-21H2,1,3H3,(H2,32,42)(H2,33,34,36)/t25-/m0/s1. The van der Waals surface area contributed by atoms with Gasteiger partial charge in [-0.1, -0.05) is 13.5 Å². The van der Waals surface area contributed by atoms with Gasteiger partial charge in [-0.3, -0.25) is 14.5 Å². The molecule has 4 N–H and O–H groups in total. The maximum absolute atomic E-state index is 12.3. The maximum atomic E-state index is 12.3. The minimum atomic E-state index is -0.648. The first-order valence-electron chi connectivity index (χ1n) is 15.4. The third-order valence-corrected chi connectivity index (χ3v) is 8.67. The van der Waals surface area contributed by atoms with Crippen molar-refractivity contribution >= 4 is 34.8 Å². The molecule has 4 heterocycles. The summed E-state index contributed by atoms with van der Waals surface area (Å²) in [6.45, 7) is 14.1. The summed E-state index contributed by atoms with van der Waals surface area (Å²) in [4.78, 5) is 42.9. The Morgan fingerprint density at radius 1 is 1.05 bits per heavy atom. The third kappa shape index (κ3) is 7.62. The number of likely N-dealkylation sites (N-methyl/N-ethyl adjacent to an activating group) is 1. The van der Waals surface area contributed by atoms with Gasteiger partial charge in [0.15, 0.2) is 11.5 Å². The predicted molar refractivity (Wildman–Crippen MR) is 169 cm³/mol. The van der Waals surface area contributed by atoms with E-state index in [0.29, 0.717) is 56.0 Å². The molecule has 0 saturated carbocycles. The molecule has 0 aliphatic carbocycles. The summed E-state index contributed by atoms with van der Waals surface area (Å²) < 4.78 is 5.85. The average Bonchev–Trinajstić information content (AvgIpc) is 3.04. The molecule has 2 aromatic rings. The van der Waals surface area contributed by atoms with E-state index in [2.05, 4.69) is 56.1 Å². The Morgan fingerprint density at radius 3 is 2.42 bits per heavy atom. The number of nitrogens with two attached hydrogens (primary N) is 1. The fourth-order valence-electron chi connectivity index (χ4n) is 6.07. The van der Waals surface area contributed by atoms with Crippen LogP contribution < -0.4 is 21.3 Å². The van der Waals surface area contributed by atoms with Crippen molar-refractivity contribution in [2.24, 2.45) is 5.73 Å². The highest BCUT2D eigenvalue weighted by Crippen LogP contribution is 2.27. The minimum Gasteiger partial charge on any atom is -0.373 e. The van der Waals surface area contributed by atoms with Crippen molar-refractivity contribution in [1.82, 2.24) is 24.7 Å². The number of hydrogen-bond acceptors (Lipinski definition) is 10. The number of aromatic nitrogens is 2. The molecule has 0 spiro atoms. The fourth-order valence-corrected chi connectivity index (χ4v) is 6.07. The van der Waals surface area contributed by atoms with Gasteiger partial charge in [0.05, 0.1) is 18.4 Å². The zero-order valence-corrected chi connectivity index (χ0v) is 25.4. The summed E-state index contributed by atoms with van der Waals surface area (Å²) in [7, 11) is 2.20. The number of ether oxygens (including phenoxy) is 1. The SMILES string of the molecule is C=CC(=O)N1CCO[C@@H](CNc2nc(Nc3ccc(N4CCC(N5CCN(C)CC5)CC4)cc3)c(C(N)=O)nc2CC)C1. The van der Waals surface area contributed by atoms with E-state index in [1.54, 1.807) is 4.90 Å². The molecule has 1 aromatic heterocycles. The number of rotatable bonds is 10. The first kappa shape index (κ1) is 30.7. The second-order valence-electron chi connectivity index (χ2n) is 11.5. The number of hydrogen-bond donors (Lipinski definition) is 3. The predicted octanol–water partition coefficient (Wildman–Crippen LogP) is 1.92. The molecule has 3 fully saturated rings. The van der Waals surface area contributed by atoms with Gasteiger partial charge < -0.3 is 35.8 Å². The number of benzene rings is 1. The highest BCUT2D eigenvalue weighted by molar-refractivity contribution is 5.96. The van der Waals surface area contributed by atoms with Crippen molar-refractivity contribution in [3.8, 4) is 0 Å². The van der Waals surface area contributed by atoms with Crippen LogP contribution in [0.25, 0.3) is 0 Å². The number of primary amides is 1. The van der Waals surface area contributed by atoms with E-state index >= 15 is 0 Å². The smallest absolute Gasteiger partial charge is 0.271 e. The van der Waals surface area contributed by atoms with E-state index in [9.17, 15) is 9.59 Å². The molecule has 1 atom stereocenters. The Labute approximate surface area is 254 Å². The summed E-state index contributed by atoms with van der Waals surface area (Å²) >= 11 is 0. The first-order chi connectivity index (χ1) is 20.8. The molecule has 3 saturated heterocycles. The number of carbonyl (C=O) groups is 2. The molecule has 12 heteroatoms. The second-order valence-corrected chi connectivity index (χ2v) is 11.5. The third-order valence-electron chi connectivity index (χ3n) is 8.67. The summed E-state index contributed by atoms with van der Waals surface area (Å²) in [5.41, 5.74) is 8.40. The van der Waals surface area contributed by atoms with Crippen LogP contribution in [0, 0.1) is 0 Å². The second kappa shape index (κ2) is 14.2. The summed E-state index contributed by atoms with van der Waals surface area (Å²) in [6, 6.07) is 8.87. The number of morpholine rings is 1. The summed E-state index contributed by atoms with van der Waals surface area (Å²) in [5.74, 6) is 0.0812. The number of nitrogens with one attached hydrogen (secondary N) is 2. The fraction of sp³-hybridized carbons (Fsp3) is 0.548. The quantitative estimate of drug-likeness (QED) is 0.352. The lowest BCUT2D eigenvalue weighted by Gasteiger charge is -2.42. The van der Waals surface area contributed by atoms with Gasteiger partial charge >= 0.3 is 0 Å². The van der Waals surface area contributed by atoms with Crippen LogP contribution in [0.1, 0.15) is 35.9 Å².